The van der Waals surface area contributed by atoms with E-state index in [-0.39, 0.29) is 11.9 Å². The van der Waals surface area contributed by atoms with Crippen LogP contribution in [-0.4, -0.2) is 43.0 Å². The van der Waals surface area contributed by atoms with Crippen LogP contribution in [0.4, 0.5) is 4.39 Å². The molecule has 1 saturated heterocycles. The van der Waals surface area contributed by atoms with Crippen LogP contribution in [-0.2, 0) is 6.54 Å². The second-order valence-electron chi connectivity index (χ2n) is 6.14. The van der Waals surface area contributed by atoms with Gasteiger partial charge < -0.3 is 4.90 Å². The van der Waals surface area contributed by atoms with Crippen molar-refractivity contribution < 1.29 is 9.18 Å². The van der Waals surface area contributed by atoms with Crippen molar-refractivity contribution in [2.24, 2.45) is 0 Å². The summed E-state index contributed by atoms with van der Waals surface area (Å²) in [7, 11) is 0. The van der Waals surface area contributed by atoms with Crippen LogP contribution in [0.5, 0.6) is 0 Å². The molecule has 1 fully saturated rings. The zero-order chi connectivity index (χ0) is 17.2. The molecule has 0 aliphatic carbocycles. The highest BCUT2D eigenvalue weighted by Gasteiger charge is 2.30. The number of carbonyl (C=O) groups excluding carboxylic acids is 1. The topological polar surface area (TPSA) is 56.0 Å². The van der Waals surface area contributed by atoms with Gasteiger partial charge in [-0.1, -0.05) is 0 Å². The van der Waals surface area contributed by atoms with Crippen LogP contribution in [0.1, 0.15) is 23.2 Å². The summed E-state index contributed by atoms with van der Waals surface area (Å²) in [6.45, 7) is 1.35. The average Bonchev–Trinajstić information content (AvgIpc) is 3.37. The Hall–Kier alpha value is -2.96. The average molecular weight is 339 g/mol. The van der Waals surface area contributed by atoms with E-state index in [4.69, 9.17) is 0 Å². The third kappa shape index (κ3) is 3.05. The molecular formula is C18H18FN5O. The second kappa shape index (κ2) is 6.51. The largest absolute Gasteiger partial charge is 0.334 e. The Morgan fingerprint density at radius 2 is 2.04 bits per heavy atom. The van der Waals surface area contributed by atoms with Crippen LogP contribution in [0.25, 0.3) is 5.69 Å². The molecule has 1 amide bonds. The number of benzene rings is 1. The molecule has 0 unspecified atom stereocenters. The van der Waals surface area contributed by atoms with Crippen LogP contribution in [0.2, 0.25) is 0 Å². The Kier molecular flexibility index (Phi) is 4.05. The first kappa shape index (κ1) is 15.6. The standard InChI is InChI=1S/C18H18FN5O/c19-16-12-14(5-6-17(16)24-11-3-8-21-24)18(25)23-10-1-4-15(23)13-22-9-2-7-20-22/h2-3,5-9,11-12,15H,1,4,10,13H2/t15-/m0/s1. The minimum atomic E-state index is -0.461. The molecule has 6 nitrogen and oxygen atoms in total. The molecule has 1 aliphatic rings. The molecule has 25 heavy (non-hydrogen) atoms. The van der Waals surface area contributed by atoms with Gasteiger partial charge in [-0.05, 0) is 43.2 Å². The van der Waals surface area contributed by atoms with Gasteiger partial charge in [-0.15, -0.1) is 0 Å². The number of amides is 1. The predicted molar refractivity (Wildman–Crippen MR) is 89.8 cm³/mol. The Balaban J connectivity index is 1.54. The molecule has 4 rings (SSSR count). The Bertz CT molecular complexity index is 860. The highest BCUT2D eigenvalue weighted by Crippen LogP contribution is 2.23. The van der Waals surface area contributed by atoms with Gasteiger partial charge in [0.25, 0.3) is 5.91 Å². The molecule has 7 heteroatoms. The minimum absolute atomic E-state index is 0.0845. The number of likely N-dealkylation sites (tertiary alicyclic amines) is 1. The quantitative estimate of drug-likeness (QED) is 0.734. The van der Waals surface area contributed by atoms with Crippen LogP contribution in [0, 0.1) is 5.82 Å². The van der Waals surface area contributed by atoms with Crippen molar-refractivity contribution in [3.8, 4) is 5.69 Å². The number of hydrogen-bond acceptors (Lipinski definition) is 3. The third-order valence-electron chi connectivity index (χ3n) is 4.54. The van der Waals surface area contributed by atoms with Gasteiger partial charge in [0.05, 0.1) is 12.6 Å². The van der Waals surface area contributed by atoms with Crippen molar-refractivity contribution >= 4 is 5.91 Å². The molecule has 0 spiro atoms. The van der Waals surface area contributed by atoms with E-state index in [2.05, 4.69) is 10.2 Å². The molecule has 0 N–H and O–H groups in total. The van der Waals surface area contributed by atoms with Gasteiger partial charge in [0.1, 0.15) is 11.5 Å². The van der Waals surface area contributed by atoms with E-state index >= 15 is 0 Å². The maximum Gasteiger partial charge on any atom is 0.254 e. The first-order chi connectivity index (χ1) is 12.2. The lowest BCUT2D eigenvalue weighted by atomic mass is 10.1. The number of aromatic nitrogens is 4. The lowest BCUT2D eigenvalue weighted by molar-refractivity contribution is 0.0721. The smallest absolute Gasteiger partial charge is 0.254 e. The van der Waals surface area contributed by atoms with Gasteiger partial charge in [-0.25, -0.2) is 9.07 Å². The van der Waals surface area contributed by atoms with Gasteiger partial charge >= 0.3 is 0 Å². The number of carbonyl (C=O) groups is 1. The van der Waals surface area contributed by atoms with E-state index in [1.165, 1.54) is 10.7 Å². The van der Waals surface area contributed by atoms with Crippen molar-refractivity contribution in [3.63, 3.8) is 0 Å². The highest BCUT2D eigenvalue weighted by molar-refractivity contribution is 5.94. The molecule has 2 aromatic heterocycles. The second-order valence-corrected chi connectivity index (χ2v) is 6.14. The van der Waals surface area contributed by atoms with Crippen molar-refractivity contribution in [2.75, 3.05) is 6.54 Å². The lowest BCUT2D eigenvalue weighted by Crippen LogP contribution is -2.38. The molecule has 128 valence electrons. The SMILES string of the molecule is O=C(c1ccc(-n2cccn2)c(F)c1)N1CCC[C@H]1Cn1cccn1. The highest BCUT2D eigenvalue weighted by atomic mass is 19.1. The fourth-order valence-corrected chi connectivity index (χ4v) is 3.32. The summed E-state index contributed by atoms with van der Waals surface area (Å²) in [5.74, 6) is -0.599. The fraction of sp³-hybridized carbons (Fsp3) is 0.278. The van der Waals surface area contributed by atoms with E-state index in [0.29, 0.717) is 24.3 Å². The molecule has 3 heterocycles. The first-order valence-corrected chi connectivity index (χ1v) is 8.30. The summed E-state index contributed by atoms with van der Waals surface area (Å²) < 4.78 is 17.7. The summed E-state index contributed by atoms with van der Waals surface area (Å²) in [5, 5.41) is 8.23. The zero-order valence-electron chi connectivity index (χ0n) is 13.6. The zero-order valence-corrected chi connectivity index (χ0v) is 13.6. The molecule has 1 aliphatic heterocycles. The van der Waals surface area contributed by atoms with Gasteiger partial charge in [0.2, 0.25) is 0 Å². The first-order valence-electron chi connectivity index (χ1n) is 8.30. The van der Waals surface area contributed by atoms with Gasteiger partial charge in [-0.3, -0.25) is 9.48 Å². The van der Waals surface area contributed by atoms with Gasteiger partial charge in [0.15, 0.2) is 0 Å². The number of rotatable bonds is 4. The molecule has 1 aromatic carbocycles. The molecule has 0 bridgehead atoms. The van der Waals surface area contributed by atoms with Crippen molar-refractivity contribution in [1.29, 1.82) is 0 Å². The van der Waals surface area contributed by atoms with Crippen LogP contribution >= 0.6 is 0 Å². The molecule has 1 atom stereocenters. The van der Waals surface area contributed by atoms with Crippen LogP contribution in [0.15, 0.2) is 55.1 Å². The molecular weight excluding hydrogens is 321 g/mol. The molecule has 0 saturated carbocycles. The summed E-state index contributed by atoms with van der Waals surface area (Å²) in [6, 6.07) is 8.22. The minimum Gasteiger partial charge on any atom is -0.334 e. The van der Waals surface area contributed by atoms with E-state index in [9.17, 15) is 9.18 Å². The van der Waals surface area contributed by atoms with E-state index in [0.717, 1.165) is 12.8 Å². The summed E-state index contributed by atoms with van der Waals surface area (Å²) in [4.78, 5) is 14.7. The maximum atomic E-state index is 14.4. The van der Waals surface area contributed by atoms with Crippen LogP contribution < -0.4 is 0 Å². The van der Waals surface area contributed by atoms with Crippen molar-refractivity contribution in [1.82, 2.24) is 24.5 Å². The molecule has 3 aromatic rings. The van der Waals surface area contributed by atoms with Crippen LogP contribution in [0.3, 0.4) is 0 Å². The monoisotopic (exact) mass is 339 g/mol. The fourth-order valence-electron chi connectivity index (χ4n) is 3.32. The number of hydrogen-bond donors (Lipinski definition) is 0. The number of halogens is 1. The maximum absolute atomic E-state index is 14.4. The Morgan fingerprint density at radius 3 is 2.76 bits per heavy atom. The van der Waals surface area contributed by atoms with Gasteiger partial charge in [-0.2, -0.15) is 10.2 Å². The predicted octanol–water partition coefficient (Wildman–Crippen LogP) is 2.51. The van der Waals surface area contributed by atoms with Gasteiger partial charge in [0, 0.05) is 36.9 Å². The van der Waals surface area contributed by atoms with E-state index < -0.39 is 5.82 Å². The third-order valence-corrected chi connectivity index (χ3v) is 4.54. The Morgan fingerprint density at radius 1 is 1.20 bits per heavy atom. The normalized spacial score (nSPS) is 17.2. The molecule has 0 radical (unpaired) electrons. The summed E-state index contributed by atoms with van der Waals surface area (Å²) >= 11 is 0. The van der Waals surface area contributed by atoms with Crippen molar-refractivity contribution in [2.45, 2.75) is 25.4 Å². The summed E-state index contributed by atoms with van der Waals surface area (Å²) in [5.41, 5.74) is 0.692. The van der Waals surface area contributed by atoms with E-state index in [1.54, 1.807) is 36.8 Å². The number of nitrogens with zero attached hydrogens (tertiary/aromatic N) is 5. The lowest BCUT2D eigenvalue weighted by Gasteiger charge is -2.25. The van der Waals surface area contributed by atoms with E-state index in [1.807, 2.05) is 21.8 Å². The Labute approximate surface area is 144 Å². The summed E-state index contributed by atoms with van der Waals surface area (Å²) in [6.07, 6.45) is 8.75. The van der Waals surface area contributed by atoms with Crippen molar-refractivity contribution in [3.05, 3.63) is 66.5 Å².